The summed E-state index contributed by atoms with van der Waals surface area (Å²) in [6.45, 7) is 0. The molecule has 26 heavy (non-hydrogen) atoms. The van der Waals surface area contributed by atoms with E-state index in [1.807, 2.05) is 54.6 Å². The lowest BCUT2D eigenvalue weighted by Gasteiger charge is -2.10. The second kappa shape index (κ2) is 7.44. The molecule has 0 aromatic heterocycles. The predicted octanol–water partition coefficient (Wildman–Crippen LogP) is 5.55. The first-order valence-corrected chi connectivity index (χ1v) is 8.03. The Bertz CT molecular complexity index is 887. The molecular formula is C21H16F3NO. The lowest BCUT2D eigenvalue weighted by Crippen LogP contribution is -2.15. The van der Waals surface area contributed by atoms with Crippen molar-refractivity contribution in [1.29, 1.82) is 0 Å². The third kappa shape index (κ3) is 4.51. The molecule has 3 aromatic carbocycles. The first-order valence-electron chi connectivity index (χ1n) is 8.03. The largest absolute Gasteiger partial charge is 0.416 e. The first-order chi connectivity index (χ1) is 12.4. The van der Waals surface area contributed by atoms with E-state index in [-0.39, 0.29) is 18.0 Å². The van der Waals surface area contributed by atoms with E-state index in [1.54, 1.807) is 0 Å². The van der Waals surface area contributed by atoms with Crippen molar-refractivity contribution in [3.63, 3.8) is 0 Å². The Balaban J connectivity index is 1.65. The Kier molecular flexibility index (Phi) is 5.07. The van der Waals surface area contributed by atoms with Gasteiger partial charge in [-0.1, -0.05) is 60.7 Å². The van der Waals surface area contributed by atoms with Gasteiger partial charge in [-0.25, -0.2) is 0 Å². The maximum Gasteiger partial charge on any atom is 0.416 e. The van der Waals surface area contributed by atoms with Gasteiger partial charge in [0.2, 0.25) is 5.91 Å². The lowest BCUT2D eigenvalue weighted by atomic mass is 10.0. The minimum Gasteiger partial charge on any atom is -0.326 e. The van der Waals surface area contributed by atoms with Crippen LogP contribution in [0.25, 0.3) is 11.1 Å². The number of alkyl halides is 3. The molecule has 3 rings (SSSR count). The number of rotatable bonds is 4. The molecule has 0 heterocycles. The zero-order valence-electron chi connectivity index (χ0n) is 13.8. The van der Waals surface area contributed by atoms with Crippen molar-refractivity contribution in [2.75, 3.05) is 5.32 Å². The summed E-state index contributed by atoms with van der Waals surface area (Å²) in [7, 11) is 0. The number of carbonyl (C=O) groups excluding carboxylic acids is 1. The van der Waals surface area contributed by atoms with Crippen LogP contribution in [0.4, 0.5) is 18.9 Å². The molecule has 5 heteroatoms. The molecule has 0 bridgehead atoms. The highest BCUT2D eigenvalue weighted by Gasteiger charge is 2.30. The van der Waals surface area contributed by atoms with Gasteiger partial charge in [0.05, 0.1) is 12.0 Å². The summed E-state index contributed by atoms with van der Waals surface area (Å²) in [5.74, 6) is -0.364. The molecule has 0 aliphatic heterocycles. The molecule has 0 atom stereocenters. The Morgan fingerprint density at radius 2 is 1.46 bits per heavy atom. The molecule has 2 nitrogen and oxygen atoms in total. The van der Waals surface area contributed by atoms with E-state index in [0.717, 1.165) is 28.8 Å². The third-order valence-corrected chi connectivity index (χ3v) is 3.90. The summed E-state index contributed by atoms with van der Waals surface area (Å²) < 4.78 is 38.2. The highest BCUT2D eigenvalue weighted by Crippen LogP contribution is 2.30. The second-order valence-electron chi connectivity index (χ2n) is 5.87. The number of halogens is 3. The van der Waals surface area contributed by atoms with Crippen LogP contribution in [0.1, 0.15) is 11.1 Å². The predicted molar refractivity (Wildman–Crippen MR) is 95.7 cm³/mol. The number of anilines is 1. The zero-order valence-corrected chi connectivity index (χ0v) is 13.8. The van der Waals surface area contributed by atoms with Crippen molar-refractivity contribution in [2.45, 2.75) is 12.6 Å². The van der Waals surface area contributed by atoms with E-state index in [2.05, 4.69) is 5.32 Å². The van der Waals surface area contributed by atoms with E-state index in [0.29, 0.717) is 0 Å². The molecule has 0 saturated heterocycles. The smallest absolute Gasteiger partial charge is 0.326 e. The van der Waals surface area contributed by atoms with Gasteiger partial charge in [-0.3, -0.25) is 4.79 Å². The van der Waals surface area contributed by atoms with Crippen LogP contribution in [0.3, 0.4) is 0 Å². The van der Waals surface area contributed by atoms with Crippen LogP contribution in [0, 0.1) is 0 Å². The third-order valence-electron chi connectivity index (χ3n) is 3.90. The number of benzene rings is 3. The summed E-state index contributed by atoms with van der Waals surface area (Å²) in [5, 5.41) is 2.51. The van der Waals surface area contributed by atoms with Crippen LogP contribution in [0.2, 0.25) is 0 Å². The fraction of sp³-hybridized carbons (Fsp3) is 0.0952. The van der Waals surface area contributed by atoms with Gasteiger partial charge in [0.15, 0.2) is 0 Å². The summed E-state index contributed by atoms with van der Waals surface area (Å²) in [5.41, 5.74) is 2.24. The van der Waals surface area contributed by atoms with Gasteiger partial charge in [-0.2, -0.15) is 13.2 Å². The normalized spacial score (nSPS) is 11.2. The standard InChI is InChI=1S/C21H16F3NO/c22-21(23,24)18-7-4-8-19(14-18)25-20(26)13-15-9-11-17(12-10-15)16-5-2-1-3-6-16/h1-12,14H,13H2,(H,25,26). The number of hydrogen-bond acceptors (Lipinski definition) is 1. The topological polar surface area (TPSA) is 29.1 Å². The molecule has 3 aromatic rings. The molecule has 0 unspecified atom stereocenters. The van der Waals surface area contributed by atoms with E-state index in [1.165, 1.54) is 12.1 Å². The van der Waals surface area contributed by atoms with Crippen LogP contribution in [0.15, 0.2) is 78.9 Å². The minimum atomic E-state index is -4.44. The van der Waals surface area contributed by atoms with Crippen molar-refractivity contribution in [3.05, 3.63) is 90.0 Å². The Morgan fingerprint density at radius 1 is 0.808 bits per heavy atom. The Labute approximate surface area is 149 Å². The van der Waals surface area contributed by atoms with Gasteiger partial charge in [-0.15, -0.1) is 0 Å². The van der Waals surface area contributed by atoms with E-state index in [4.69, 9.17) is 0 Å². The van der Waals surface area contributed by atoms with Crippen LogP contribution < -0.4 is 5.32 Å². The SMILES string of the molecule is O=C(Cc1ccc(-c2ccccc2)cc1)Nc1cccc(C(F)(F)F)c1. The van der Waals surface area contributed by atoms with Crippen LogP contribution in [-0.2, 0) is 17.4 Å². The second-order valence-corrected chi connectivity index (χ2v) is 5.87. The highest BCUT2D eigenvalue weighted by molar-refractivity contribution is 5.92. The fourth-order valence-electron chi connectivity index (χ4n) is 2.61. The molecule has 0 aliphatic carbocycles. The van der Waals surface area contributed by atoms with Gasteiger partial charge in [0.1, 0.15) is 0 Å². The van der Waals surface area contributed by atoms with Crippen molar-refractivity contribution in [2.24, 2.45) is 0 Å². The number of nitrogens with one attached hydrogen (secondary N) is 1. The maximum atomic E-state index is 12.7. The van der Waals surface area contributed by atoms with Gasteiger partial charge in [-0.05, 0) is 34.9 Å². The summed E-state index contributed by atoms with van der Waals surface area (Å²) >= 11 is 0. The summed E-state index contributed by atoms with van der Waals surface area (Å²) in [6, 6.07) is 22.0. The summed E-state index contributed by atoms with van der Waals surface area (Å²) in [6.07, 6.45) is -4.35. The van der Waals surface area contributed by atoms with Gasteiger partial charge in [0, 0.05) is 5.69 Å². The maximum absolute atomic E-state index is 12.7. The molecule has 0 aliphatic rings. The molecular weight excluding hydrogens is 339 g/mol. The van der Waals surface area contributed by atoms with Crippen LogP contribution in [-0.4, -0.2) is 5.91 Å². The molecule has 0 fully saturated rings. The molecule has 0 spiro atoms. The van der Waals surface area contributed by atoms with Gasteiger partial charge < -0.3 is 5.32 Å². The molecule has 132 valence electrons. The fourth-order valence-corrected chi connectivity index (χ4v) is 2.61. The highest BCUT2D eigenvalue weighted by atomic mass is 19.4. The van der Waals surface area contributed by atoms with Gasteiger partial charge >= 0.3 is 6.18 Å². The van der Waals surface area contributed by atoms with E-state index < -0.39 is 11.7 Å². The molecule has 1 amide bonds. The van der Waals surface area contributed by atoms with Crippen LogP contribution in [0.5, 0.6) is 0 Å². The number of carbonyl (C=O) groups is 1. The molecule has 1 N–H and O–H groups in total. The monoisotopic (exact) mass is 355 g/mol. The summed E-state index contributed by atoms with van der Waals surface area (Å²) in [4.78, 5) is 12.1. The van der Waals surface area contributed by atoms with Crippen molar-refractivity contribution in [3.8, 4) is 11.1 Å². The number of amides is 1. The lowest BCUT2D eigenvalue weighted by molar-refractivity contribution is -0.137. The van der Waals surface area contributed by atoms with E-state index >= 15 is 0 Å². The van der Waals surface area contributed by atoms with Crippen molar-refractivity contribution in [1.82, 2.24) is 0 Å². The Hall–Kier alpha value is -3.08. The van der Waals surface area contributed by atoms with Gasteiger partial charge in [0.25, 0.3) is 0 Å². The molecule has 0 radical (unpaired) electrons. The average molecular weight is 355 g/mol. The van der Waals surface area contributed by atoms with Crippen molar-refractivity contribution < 1.29 is 18.0 Å². The van der Waals surface area contributed by atoms with Crippen LogP contribution >= 0.6 is 0 Å². The zero-order chi connectivity index (χ0) is 18.6. The first kappa shape index (κ1) is 17.7. The quantitative estimate of drug-likeness (QED) is 0.653. The minimum absolute atomic E-state index is 0.0886. The van der Waals surface area contributed by atoms with E-state index in [9.17, 15) is 18.0 Å². The van der Waals surface area contributed by atoms with Crippen molar-refractivity contribution >= 4 is 11.6 Å². The average Bonchev–Trinajstić information content (AvgIpc) is 2.62. The Morgan fingerprint density at radius 3 is 2.12 bits per heavy atom. The number of hydrogen-bond donors (Lipinski definition) is 1. The molecule has 0 saturated carbocycles.